The minimum absolute atomic E-state index is 0.0634. The average molecular weight is 452 g/mol. The number of fused-ring (bicyclic) bond motifs is 1. The van der Waals surface area contributed by atoms with E-state index >= 15 is 0 Å². The first-order valence-corrected chi connectivity index (χ1v) is 10.2. The summed E-state index contributed by atoms with van der Waals surface area (Å²) in [5, 5.41) is 19.0. The van der Waals surface area contributed by atoms with E-state index in [-0.39, 0.29) is 19.5 Å². The topological polar surface area (TPSA) is 88.5 Å². The molecule has 4 aromatic rings. The van der Waals surface area contributed by atoms with Crippen molar-refractivity contribution in [2.24, 2.45) is 7.05 Å². The van der Waals surface area contributed by atoms with E-state index in [4.69, 9.17) is 4.98 Å². The van der Waals surface area contributed by atoms with Crippen LogP contribution in [-0.2, 0) is 12.6 Å². The van der Waals surface area contributed by atoms with Crippen LogP contribution >= 0.6 is 0 Å². The normalized spacial score (nSPS) is 16.0. The number of nitrogens with zero attached hydrogens (tertiary/aromatic N) is 8. The fraction of sp³-hybridized carbons (Fsp3) is 0.318. The second-order valence-corrected chi connectivity index (χ2v) is 8.29. The lowest BCUT2D eigenvalue weighted by Crippen LogP contribution is -2.64. The Hall–Kier alpha value is -3.78. The van der Waals surface area contributed by atoms with Crippen LogP contribution in [0.25, 0.3) is 33.5 Å². The van der Waals surface area contributed by atoms with Gasteiger partial charge in [0.05, 0.1) is 36.4 Å². The van der Waals surface area contributed by atoms with E-state index < -0.39 is 18.3 Å². The molecule has 1 fully saturated rings. The molecule has 0 unspecified atom stereocenters. The van der Waals surface area contributed by atoms with Gasteiger partial charge in [-0.25, -0.2) is 4.98 Å². The lowest BCUT2D eigenvalue weighted by Gasteiger charge is -2.49. The molecule has 168 valence electrons. The van der Waals surface area contributed by atoms with Crippen LogP contribution in [0.15, 0.2) is 49.1 Å². The highest BCUT2D eigenvalue weighted by Gasteiger charge is 2.48. The molecule has 0 bridgehead atoms. The Labute approximate surface area is 186 Å². The van der Waals surface area contributed by atoms with Gasteiger partial charge in [0.15, 0.2) is 0 Å². The lowest BCUT2D eigenvalue weighted by atomic mass is 9.87. The summed E-state index contributed by atoms with van der Waals surface area (Å²) in [4.78, 5) is 10.5. The van der Waals surface area contributed by atoms with Gasteiger partial charge >= 0.3 is 6.18 Å². The molecule has 33 heavy (non-hydrogen) atoms. The monoisotopic (exact) mass is 452 g/mol. The van der Waals surface area contributed by atoms with Crippen molar-refractivity contribution in [2.45, 2.75) is 18.1 Å². The molecule has 4 aromatic heterocycles. The molecule has 1 aliphatic heterocycles. The predicted molar refractivity (Wildman–Crippen MR) is 114 cm³/mol. The van der Waals surface area contributed by atoms with Crippen LogP contribution in [0.3, 0.4) is 0 Å². The van der Waals surface area contributed by atoms with Crippen molar-refractivity contribution >= 4 is 10.9 Å². The Kier molecular flexibility index (Phi) is 4.90. The molecular weight excluding hydrogens is 433 g/mol. The third-order valence-corrected chi connectivity index (χ3v) is 5.76. The summed E-state index contributed by atoms with van der Waals surface area (Å²) in [7, 11) is 1.82. The number of hydrogen-bond donors (Lipinski definition) is 0. The minimum atomic E-state index is -4.28. The van der Waals surface area contributed by atoms with Crippen molar-refractivity contribution in [3.63, 3.8) is 0 Å². The summed E-state index contributed by atoms with van der Waals surface area (Å²) >= 11 is 0. The van der Waals surface area contributed by atoms with Crippen molar-refractivity contribution < 1.29 is 13.2 Å². The maximum absolute atomic E-state index is 12.8. The van der Waals surface area contributed by atoms with Crippen LogP contribution in [0.5, 0.6) is 0 Å². The van der Waals surface area contributed by atoms with E-state index in [1.807, 2.05) is 31.4 Å². The third-order valence-electron chi connectivity index (χ3n) is 5.76. The van der Waals surface area contributed by atoms with Gasteiger partial charge in [-0.05, 0) is 24.3 Å². The zero-order valence-corrected chi connectivity index (χ0v) is 17.7. The van der Waals surface area contributed by atoms with Crippen molar-refractivity contribution in [3.05, 3.63) is 49.1 Å². The summed E-state index contributed by atoms with van der Waals surface area (Å²) in [6, 6.07) is 9.46. The zero-order chi connectivity index (χ0) is 23.2. The first kappa shape index (κ1) is 21.1. The molecule has 0 amide bonds. The van der Waals surface area contributed by atoms with Crippen LogP contribution in [0.4, 0.5) is 13.2 Å². The highest BCUT2D eigenvalue weighted by molar-refractivity contribution is 5.93. The van der Waals surface area contributed by atoms with Gasteiger partial charge in [-0.3, -0.25) is 19.2 Å². The van der Waals surface area contributed by atoms with Crippen LogP contribution < -0.4 is 0 Å². The largest absolute Gasteiger partial charge is 0.401 e. The van der Waals surface area contributed by atoms with E-state index in [1.165, 1.54) is 4.90 Å². The summed E-state index contributed by atoms with van der Waals surface area (Å²) in [6.45, 7) is -0.793. The van der Waals surface area contributed by atoms with Gasteiger partial charge in [0, 0.05) is 49.7 Å². The van der Waals surface area contributed by atoms with Crippen molar-refractivity contribution in [1.29, 1.82) is 5.26 Å². The maximum atomic E-state index is 12.8. The third kappa shape index (κ3) is 3.93. The number of aromatic nitrogens is 6. The number of pyridine rings is 2. The number of halogens is 3. The SMILES string of the molecule is Cn1cc(-c2cc3ncccc3c(-c3ccn(C4(CC#N)CN(CC(F)(F)F)C4)n3)n2)cn1. The molecule has 0 aromatic carbocycles. The first-order valence-electron chi connectivity index (χ1n) is 10.2. The number of aryl methyl sites for hydroxylation is 1. The van der Waals surface area contributed by atoms with Crippen LogP contribution in [0.2, 0.25) is 0 Å². The number of hydrogen-bond acceptors (Lipinski definition) is 6. The van der Waals surface area contributed by atoms with Gasteiger partial charge in [-0.15, -0.1) is 0 Å². The number of likely N-dealkylation sites (tertiary alicyclic amines) is 1. The van der Waals surface area contributed by atoms with Gasteiger partial charge in [-0.2, -0.15) is 28.6 Å². The van der Waals surface area contributed by atoms with Crippen molar-refractivity contribution in [3.8, 4) is 28.7 Å². The Bertz CT molecular complexity index is 1360. The predicted octanol–water partition coefficient (Wildman–Crippen LogP) is 3.38. The van der Waals surface area contributed by atoms with Gasteiger partial charge in [0.2, 0.25) is 0 Å². The van der Waals surface area contributed by atoms with Gasteiger partial charge in [0.25, 0.3) is 0 Å². The molecule has 1 saturated heterocycles. The molecule has 5 heterocycles. The summed E-state index contributed by atoms with van der Waals surface area (Å²) in [5.41, 5.74) is 2.62. The Morgan fingerprint density at radius 3 is 2.73 bits per heavy atom. The highest BCUT2D eigenvalue weighted by atomic mass is 19.4. The van der Waals surface area contributed by atoms with Gasteiger partial charge in [0.1, 0.15) is 16.9 Å². The summed E-state index contributed by atoms with van der Waals surface area (Å²) in [5.74, 6) is 0. The molecule has 0 atom stereocenters. The smallest absolute Gasteiger partial charge is 0.290 e. The second kappa shape index (κ2) is 7.67. The average Bonchev–Trinajstić information content (AvgIpc) is 3.40. The zero-order valence-electron chi connectivity index (χ0n) is 17.7. The second-order valence-electron chi connectivity index (χ2n) is 8.29. The Balaban J connectivity index is 1.53. The molecule has 8 nitrogen and oxygen atoms in total. The summed E-state index contributed by atoms with van der Waals surface area (Å²) < 4.78 is 41.6. The lowest BCUT2D eigenvalue weighted by molar-refractivity contribution is -0.167. The summed E-state index contributed by atoms with van der Waals surface area (Å²) in [6.07, 6.45) is 2.75. The van der Waals surface area contributed by atoms with E-state index in [0.717, 1.165) is 16.5 Å². The molecule has 0 radical (unpaired) electrons. The Morgan fingerprint density at radius 1 is 1.21 bits per heavy atom. The number of alkyl halides is 3. The quantitative estimate of drug-likeness (QED) is 0.461. The molecule has 1 aliphatic rings. The molecule has 0 aliphatic carbocycles. The Morgan fingerprint density at radius 2 is 2.03 bits per heavy atom. The van der Waals surface area contributed by atoms with Crippen molar-refractivity contribution in [1.82, 2.24) is 34.4 Å². The fourth-order valence-electron chi connectivity index (χ4n) is 4.32. The minimum Gasteiger partial charge on any atom is -0.290 e. The molecule has 0 spiro atoms. The maximum Gasteiger partial charge on any atom is 0.401 e. The first-order chi connectivity index (χ1) is 15.8. The van der Waals surface area contributed by atoms with Gasteiger partial charge in [-0.1, -0.05) is 0 Å². The standard InChI is InChI=1S/C22H19F3N8/c1-31-11-15(10-28-31)18-9-19-16(3-2-7-27-19)20(29-18)17-4-8-33(30-17)21(5-6-26)12-32(13-21)14-22(23,24)25/h2-4,7-11H,5,12-14H2,1H3. The van der Waals surface area contributed by atoms with E-state index in [2.05, 4.69) is 21.3 Å². The van der Waals surface area contributed by atoms with Crippen LogP contribution in [0, 0.1) is 11.3 Å². The van der Waals surface area contributed by atoms with Gasteiger partial charge < -0.3 is 0 Å². The van der Waals surface area contributed by atoms with E-state index in [9.17, 15) is 18.4 Å². The highest BCUT2D eigenvalue weighted by Crippen LogP contribution is 2.36. The number of rotatable bonds is 5. The van der Waals surface area contributed by atoms with E-state index in [1.54, 1.807) is 34.0 Å². The molecule has 11 heteroatoms. The van der Waals surface area contributed by atoms with Crippen LogP contribution in [-0.4, -0.2) is 60.2 Å². The molecular formula is C22H19F3N8. The molecule has 0 saturated carbocycles. The van der Waals surface area contributed by atoms with E-state index in [0.29, 0.717) is 17.1 Å². The fourth-order valence-corrected chi connectivity index (χ4v) is 4.32. The number of nitriles is 1. The van der Waals surface area contributed by atoms with Crippen LogP contribution in [0.1, 0.15) is 6.42 Å². The molecule has 5 rings (SSSR count). The van der Waals surface area contributed by atoms with Crippen molar-refractivity contribution in [2.75, 3.05) is 19.6 Å². The molecule has 0 N–H and O–H groups in total.